The summed E-state index contributed by atoms with van der Waals surface area (Å²) in [6, 6.07) is 5.49. The lowest BCUT2D eigenvalue weighted by Crippen LogP contribution is -2.35. The molecule has 0 radical (unpaired) electrons. The molecule has 19 heavy (non-hydrogen) atoms. The largest absolute Gasteiger partial charge is 0.348 e. The third-order valence-electron chi connectivity index (χ3n) is 2.83. The maximum Gasteiger partial charge on any atom is 0.222 e. The van der Waals surface area contributed by atoms with E-state index >= 15 is 0 Å². The smallest absolute Gasteiger partial charge is 0.222 e. The zero-order valence-corrected chi connectivity index (χ0v) is 12.3. The van der Waals surface area contributed by atoms with Gasteiger partial charge in [0.15, 0.2) is 0 Å². The van der Waals surface area contributed by atoms with Crippen molar-refractivity contribution in [3.8, 4) is 0 Å². The summed E-state index contributed by atoms with van der Waals surface area (Å²) in [5, 5.41) is 2.93. The van der Waals surface area contributed by atoms with E-state index in [9.17, 15) is 4.79 Å². The standard InChI is InChI=1S/C15H25N3O/c1-11(13-7-5-6-8-17-13)18-14(19)9-12(16)10-15(2,3)4/h5-8,11-12H,9-10,16H2,1-4H3,(H,18,19)/t11-,12?/m0/s1. The number of nitrogens with two attached hydrogens (primary N) is 1. The van der Waals surface area contributed by atoms with Crippen LogP contribution in [0.15, 0.2) is 24.4 Å². The molecule has 0 aliphatic carbocycles. The van der Waals surface area contributed by atoms with Crippen molar-refractivity contribution in [2.24, 2.45) is 11.1 Å². The molecule has 1 heterocycles. The molecule has 0 spiro atoms. The van der Waals surface area contributed by atoms with Gasteiger partial charge in [0, 0.05) is 18.7 Å². The lowest BCUT2D eigenvalue weighted by Gasteiger charge is -2.23. The molecular weight excluding hydrogens is 238 g/mol. The number of carbonyl (C=O) groups is 1. The molecule has 4 heteroatoms. The fraction of sp³-hybridized carbons (Fsp3) is 0.600. The second kappa shape index (κ2) is 6.66. The van der Waals surface area contributed by atoms with Crippen LogP contribution in [0, 0.1) is 5.41 Å². The monoisotopic (exact) mass is 263 g/mol. The Morgan fingerprint density at radius 1 is 1.42 bits per heavy atom. The topological polar surface area (TPSA) is 68.0 Å². The number of carbonyl (C=O) groups excluding carboxylic acids is 1. The molecule has 0 aromatic carbocycles. The van der Waals surface area contributed by atoms with Crippen molar-refractivity contribution in [1.82, 2.24) is 10.3 Å². The van der Waals surface area contributed by atoms with Crippen LogP contribution in [-0.4, -0.2) is 16.9 Å². The summed E-state index contributed by atoms with van der Waals surface area (Å²) in [4.78, 5) is 16.1. The number of hydrogen-bond acceptors (Lipinski definition) is 3. The second-order valence-corrected chi connectivity index (χ2v) is 6.27. The number of nitrogens with zero attached hydrogens (tertiary/aromatic N) is 1. The lowest BCUT2D eigenvalue weighted by molar-refractivity contribution is -0.122. The van der Waals surface area contributed by atoms with Gasteiger partial charge in [0.05, 0.1) is 11.7 Å². The Balaban J connectivity index is 2.43. The number of nitrogens with one attached hydrogen (secondary N) is 1. The van der Waals surface area contributed by atoms with Crippen LogP contribution in [0.3, 0.4) is 0 Å². The Labute approximate surface area is 115 Å². The van der Waals surface area contributed by atoms with Crippen LogP contribution >= 0.6 is 0 Å². The van der Waals surface area contributed by atoms with Gasteiger partial charge in [0.2, 0.25) is 5.91 Å². The Bertz CT molecular complexity index is 398. The normalized spacial score (nSPS) is 14.8. The van der Waals surface area contributed by atoms with Crippen LogP contribution < -0.4 is 11.1 Å². The summed E-state index contributed by atoms with van der Waals surface area (Å²) >= 11 is 0. The van der Waals surface area contributed by atoms with E-state index in [1.54, 1.807) is 6.20 Å². The highest BCUT2D eigenvalue weighted by atomic mass is 16.1. The highest BCUT2D eigenvalue weighted by molar-refractivity contribution is 5.76. The average molecular weight is 263 g/mol. The summed E-state index contributed by atoms with van der Waals surface area (Å²) in [5.41, 5.74) is 7.01. The van der Waals surface area contributed by atoms with Gasteiger partial charge >= 0.3 is 0 Å². The average Bonchev–Trinajstić information content (AvgIpc) is 2.27. The molecule has 0 saturated carbocycles. The fourth-order valence-electron chi connectivity index (χ4n) is 2.10. The minimum absolute atomic E-state index is 0.0186. The summed E-state index contributed by atoms with van der Waals surface area (Å²) in [7, 11) is 0. The first-order valence-electron chi connectivity index (χ1n) is 6.74. The summed E-state index contributed by atoms with van der Waals surface area (Å²) in [6.07, 6.45) is 2.91. The van der Waals surface area contributed by atoms with Gasteiger partial charge in [-0.15, -0.1) is 0 Å². The van der Waals surface area contributed by atoms with Gasteiger partial charge in [-0.2, -0.15) is 0 Å². The first-order valence-corrected chi connectivity index (χ1v) is 6.74. The molecule has 2 atom stereocenters. The van der Waals surface area contributed by atoms with Crippen LogP contribution in [-0.2, 0) is 4.79 Å². The van der Waals surface area contributed by atoms with Gasteiger partial charge in [0.25, 0.3) is 0 Å². The molecular formula is C15H25N3O. The SMILES string of the molecule is C[C@H](NC(=O)CC(N)CC(C)(C)C)c1ccccn1. The first-order chi connectivity index (χ1) is 8.78. The second-order valence-electron chi connectivity index (χ2n) is 6.27. The highest BCUT2D eigenvalue weighted by Crippen LogP contribution is 2.21. The molecule has 106 valence electrons. The third-order valence-corrected chi connectivity index (χ3v) is 2.83. The number of rotatable bonds is 5. The predicted octanol–water partition coefficient (Wildman–Crippen LogP) is 2.41. The fourth-order valence-corrected chi connectivity index (χ4v) is 2.10. The molecule has 1 amide bonds. The van der Waals surface area contributed by atoms with Gasteiger partial charge in [-0.05, 0) is 30.9 Å². The zero-order chi connectivity index (χ0) is 14.5. The molecule has 4 nitrogen and oxygen atoms in total. The molecule has 0 bridgehead atoms. The number of amides is 1. The predicted molar refractivity (Wildman–Crippen MR) is 77.5 cm³/mol. The summed E-state index contributed by atoms with van der Waals surface area (Å²) < 4.78 is 0. The van der Waals surface area contributed by atoms with E-state index < -0.39 is 0 Å². The van der Waals surface area contributed by atoms with E-state index in [4.69, 9.17) is 5.73 Å². The van der Waals surface area contributed by atoms with Crippen molar-refractivity contribution < 1.29 is 4.79 Å². The molecule has 1 aromatic heterocycles. The van der Waals surface area contributed by atoms with Gasteiger partial charge in [-0.1, -0.05) is 26.8 Å². The quantitative estimate of drug-likeness (QED) is 0.857. The van der Waals surface area contributed by atoms with Crippen molar-refractivity contribution >= 4 is 5.91 Å². The molecule has 1 rings (SSSR count). The van der Waals surface area contributed by atoms with Crippen LogP contribution in [0.4, 0.5) is 0 Å². The van der Waals surface area contributed by atoms with Crippen molar-refractivity contribution in [3.05, 3.63) is 30.1 Å². The van der Waals surface area contributed by atoms with E-state index in [1.165, 1.54) is 0 Å². The molecule has 0 fully saturated rings. The van der Waals surface area contributed by atoms with E-state index in [1.807, 2.05) is 25.1 Å². The zero-order valence-electron chi connectivity index (χ0n) is 12.3. The van der Waals surface area contributed by atoms with Gasteiger partial charge in [-0.25, -0.2) is 0 Å². The number of hydrogen-bond donors (Lipinski definition) is 2. The van der Waals surface area contributed by atoms with Crippen molar-refractivity contribution in [2.75, 3.05) is 0 Å². The van der Waals surface area contributed by atoms with E-state index in [0.29, 0.717) is 6.42 Å². The Kier molecular flexibility index (Phi) is 5.48. The third kappa shape index (κ3) is 6.34. The van der Waals surface area contributed by atoms with Crippen LogP contribution in [0.2, 0.25) is 0 Å². The molecule has 1 unspecified atom stereocenters. The molecule has 0 aliphatic rings. The van der Waals surface area contributed by atoms with Gasteiger partial charge in [0.1, 0.15) is 0 Å². The maximum atomic E-state index is 11.9. The van der Waals surface area contributed by atoms with Crippen LogP contribution in [0.5, 0.6) is 0 Å². The van der Waals surface area contributed by atoms with Crippen molar-refractivity contribution in [2.45, 2.75) is 52.6 Å². The molecule has 0 aliphatic heterocycles. The molecule has 1 aromatic rings. The number of aromatic nitrogens is 1. The molecule has 0 saturated heterocycles. The van der Waals surface area contributed by atoms with Crippen molar-refractivity contribution in [1.29, 1.82) is 0 Å². The Morgan fingerprint density at radius 3 is 2.63 bits per heavy atom. The Hall–Kier alpha value is -1.42. The highest BCUT2D eigenvalue weighted by Gasteiger charge is 2.19. The van der Waals surface area contributed by atoms with E-state index in [0.717, 1.165) is 12.1 Å². The number of pyridine rings is 1. The lowest BCUT2D eigenvalue weighted by atomic mass is 9.87. The summed E-state index contributed by atoms with van der Waals surface area (Å²) in [6.45, 7) is 8.30. The van der Waals surface area contributed by atoms with Gasteiger partial charge < -0.3 is 11.1 Å². The first kappa shape index (κ1) is 15.6. The van der Waals surface area contributed by atoms with Crippen molar-refractivity contribution in [3.63, 3.8) is 0 Å². The van der Waals surface area contributed by atoms with E-state index in [2.05, 4.69) is 31.1 Å². The maximum absolute atomic E-state index is 11.9. The Morgan fingerprint density at radius 2 is 2.11 bits per heavy atom. The van der Waals surface area contributed by atoms with Crippen LogP contribution in [0.25, 0.3) is 0 Å². The van der Waals surface area contributed by atoms with E-state index in [-0.39, 0.29) is 23.4 Å². The van der Waals surface area contributed by atoms with Crippen LogP contribution in [0.1, 0.15) is 52.3 Å². The minimum atomic E-state index is -0.101. The van der Waals surface area contributed by atoms with Gasteiger partial charge in [-0.3, -0.25) is 9.78 Å². The minimum Gasteiger partial charge on any atom is -0.348 e. The molecule has 3 N–H and O–H groups in total. The summed E-state index contributed by atoms with van der Waals surface area (Å²) in [5.74, 6) is -0.0186.